The number of carbonyl (C=O) groups is 1. The highest BCUT2D eigenvalue weighted by atomic mass is 16.3. The molecule has 4 nitrogen and oxygen atoms in total. The van der Waals surface area contributed by atoms with Gasteiger partial charge in [-0.15, -0.1) is 0 Å². The molecule has 0 aromatic carbocycles. The van der Waals surface area contributed by atoms with Crippen LogP contribution in [0.2, 0.25) is 0 Å². The Morgan fingerprint density at radius 2 is 2.25 bits per heavy atom. The van der Waals surface area contributed by atoms with Crippen molar-refractivity contribution in [2.24, 2.45) is 5.41 Å². The Morgan fingerprint density at radius 3 is 3.10 bits per heavy atom. The first kappa shape index (κ1) is 12.3. The highest BCUT2D eigenvalue weighted by molar-refractivity contribution is 5.82. The molecule has 1 saturated carbocycles. The monoisotopic (exact) mass is 272 g/mol. The lowest BCUT2D eigenvalue weighted by atomic mass is 9.49. The van der Waals surface area contributed by atoms with E-state index in [0.717, 1.165) is 24.1 Å². The fourth-order valence-electron chi connectivity index (χ4n) is 4.61. The van der Waals surface area contributed by atoms with Crippen molar-refractivity contribution in [1.82, 2.24) is 5.32 Å². The van der Waals surface area contributed by atoms with Crippen molar-refractivity contribution in [2.45, 2.75) is 43.7 Å². The molecular weight excluding hydrogens is 254 g/mol. The van der Waals surface area contributed by atoms with E-state index in [2.05, 4.69) is 11.4 Å². The summed E-state index contributed by atoms with van der Waals surface area (Å²) in [5, 5.41) is 24.5. The Labute approximate surface area is 117 Å². The van der Waals surface area contributed by atoms with Gasteiger partial charge in [-0.25, -0.2) is 0 Å². The largest absolute Gasteiger partial charge is 0.448 e. The summed E-state index contributed by atoms with van der Waals surface area (Å²) in [6.45, 7) is 0.801. The van der Waals surface area contributed by atoms with Gasteiger partial charge in [-0.05, 0) is 19.4 Å². The molecule has 1 heterocycles. The number of allylic oxidation sites excluding steroid dienone is 3. The van der Waals surface area contributed by atoms with Crippen molar-refractivity contribution in [2.75, 3.05) is 6.54 Å². The number of aliphatic hydroxyl groups excluding tert-OH is 1. The molecule has 3 N–H and O–H groups in total. The Balaban J connectivity index is 1.95. The first-order chi connectivity index (χ1) is 9.55. The number of carbonyl (C=O) groups excluding carboxylic acids is 1. The fraction of sp³-hybridized carbons (Fsp3) is 0.562. The number of nitrogens with one attached hydrogen (secondary N) is 1. The van der Waals surface area contributed by atoms with E-state index in [1.165, 1.54) is 0 Å². The van der Waals surface area contributed by atoms with E-state index in [0.29, 0.717) is 25.7 Å². The minimum Gasteiger partial charge on any atom is -0.448 e. The molecule has 1 saturated heterocycles. The molecule has 3 aliphatic carbocycles. The number of aliphatic hydroxyl groups is 2. The molecule has 1 aliphatic heterocycles. The minimum atomic E-state index is -0.881. The van der Waals surface area contributed by atoms with Crippen LogP contribution in [0.4, 0.5) is 0 Å². The predicted octanol–water partition coefficient (Wildman–Crippen LogP) is 1.33. The second-order valence-electron chi connectivity index (χ2n) is 6.43. The van der Waals surface area contributed by atoms with Gasteiger partial charge in [0.1, 0.15) is 23.0 Å². The maximum Gasteiger partial charge on any atom is 0.230 e. The van der Waals surface area contributed by atoms with Gasteiger partial charge < -0.3 is 15.5 Å². The van der Waals surface area contributed by atoms with Crippen molar-refractivity contribution in [1.29, 1.82) is 0 Å². The highest BCUT2D eigenvalue weighted by Gasteiger charge is 2.66. The highest BCUT2D eigenvalue weighted by Crippen LogP contribution is 2.59. The summed E-state index contributed by atoms with van der Waals surface area (Å²) in [5.41, 5.74) is 0.541. The molecule has 20 heavy (non-hydrogen) atoms. The van der Waals surface area contributed by atoms with Crippen molar-refractivity contribution in [3.63, 3.8) is 0 Å². The van der Waals surface area contributed by atoms with Crippen molar-refractivity contribution >= 4 is 5.78 Å². The van der Waals surface area contributed by atoms with Crippen LogP contribution >= 0.6 is 0 Å². The third-order valence-electron chi connectivity index (χ3n) is 5.57. The molecule has 4 rings (SSSR count). The van der Waals surface area contributed by atoms with Gasteiger partial charge in [0.15, 0.2) is 0 Å². The molecule has 4 heteroatoms. The summed E-state index contributed by atoms with van der Waals surface area (Å²) in [4.78, 5) is 12.0. The average Bonchev–Trinajstić information content (AvgIpc) is 2.41. The topological polar surface area (TPSA) is 69.6 Å². The number of ketones is 1. The lowest BCUT2D eigenvalue weighted by Gasteiger charge is -2.58. The number of piperidine rings is 1. The van der Waals surface area contributed by atoms with Gasteiger partial charge in [-0.1, -0.05) is 0 Å². The van der Waals surface area contributed by atoms with Crippen LogP contribution in [0.15, 0.2) is 29.1 Å². The van der Waals surface area contributed by atoms with E-state index < -0.39 is 11.0 Å². The molecule has 3 atom stereocenters. The van der Waals surface area contributed by atoms with Crippen LogP contribution in [-0.2, 0) is 4.79 Å². The van der Waals surface area contributed by atoms with E-state index in [4.69, 9.17) is 0 Å². The Hall–Kier alpha value is -1.48. The van der Waals surface area contributed by atoms with Gasteiger partial charge in [0.25, 0.3) is 0 Å². The zero-order valence-electron chi connectivity index (χ0n) is 11.3. The van der Waals surface area contributed by atoms with Crippen molar-refractivity contribution in [3.8, 4) is 0 Å². The predicted molar refractivity (Wildman–Crippen MR) is 72.8 cm³/mol. The fourth-order valence-corrected chi connectivity index (χ4v) is 4.61. The Bertz CT molecular complexity index is 589. The lowest BCUT2D eigenvalue weighted by Crippen LogP contribution is -2.70. The molecule has 0 spiro atoms. The third kappa shape index (κ3) is 1.34. The van der Waals surface area contributed by atoms with E-state index in [-0.39, 0.29) is 17.6 Å². The van der Waals surface area contributed by atoms with Gasteiger partial charge in [-0.3, -0.25) is 4.79 Å². The number of hydrogen-bond donors (Lipinski definition) is 3. The lowest BCUT2D eigenvalue weighted by molar-refractivity contribution is -0.160. The Morgan fingerprint density at radius 1 is 1.40 bits per heavy atom. The molecular formula is C16H18NO3+. The van der Waals surface area contributed by atoms with Crippen molar-refractivity contribution < 1.29 is 15.0 Å². The third-order valence-corrected chi connectivity index (χ3v) is 5.57. The number of hydrogen-bond acceptors (Lipinski definition) is 4. The minimum absolute atomic E-state index is 0.0161. The molecule has 0 amide bonds. The van der Waals surface area contributed by atoms with Gasteiger partial charge >= 0.3 is 0 Å². The number of Topliss-reactive ketones (excluding diaryl/α,β-unsaturated/α-hetero) is 1. The van der Waals surface area contributed by atoms with Gasteiger partial charge in [-0.2, -0.15) is 0 Å². The van der Waals surface area contributed by atoms with Crippen LogP contribution in [0, 0.1) is 11.5 Å². The smallest absolute Gasteiger partial charge is 0.230 e. The molecule has 0 unspecified atom stereocenters. The molecule has 0 aromatic rings. The summed E-state index contributed by atoms with van der Waals surface area (Å²) in [7, 11) is 0. The summed E-state index contributed by atoms with van der Waals surface area (Å²) >= 11 is 0. The van der Waals surface area contributed by atoms with Crippen LogP contribution in [-0.4, -0.2) is 34.2 Å². The standard InChI is InChI=1S/C16H17NO3/c18-11-2-1-10-7-14-16(20)4-3-12(19)9-15(16,5-6-17-14)13(10)8-11/h2,8,14,17,20H,3-7,9H2/p+1/t14-,15-,16-/m1/s1. The van der Waals surface area contributed by atoms with Gasteiger partial charge in [0, 0.05) is 31.4 Å². The first-order valence-corrected chi connectivity index (χ1v) is 7.27. The van der Waals surface area contributed by atoms with E-state index >= 15 is 0 Å². The SMILES string of the molecule is O=C1CC[C@@]2(O)[C@H]3CC4=C(C=C(O)C=[C+]4)[C@@]2(CCN3)C1. The van der Waals surface area contributed by atoms with Crippen LogP contribution in [0.3, 0.4) is 0 Å². The molecule has 2 bridgehead atoms. The zero-order valence-corrected chi connectivity index (χ0v) is 11.3. The summed E-state index contributed by atoms with van der Waals surface area (Å²) in [5.74, 6) is 0.377. The number of rotatable bonds is 0. The van der Waals surface area contributed by atoms with Gasteiger partial charge in [0.2, 0.25) is 5.76 Å². The molecule has 0 radical (unpaired) electrons. The summed E-state index contributed by atoms with van der Waals surface area (Å²) in [6, 6.07) is -0.0161. The average molecular weight is 272 g/mol. The van der Waals surface area contributed by atoms with E-state index in [1.54, 1.807) is 12.2 Å². The van der Waals surface area contributed by atoms with E-state index in [1.807, 2.05) is 0 Å². The second-order valence-corrected chi connectivity index (χ2v) is 6.43. The summed E-state index contributed by atoms with van der Waals surface area (Å²) < 4.78 is 0. The maximum absolute atomic E-state index is 12.0. The Kier molecular flexibility index (Phi) is 2.33. The van der Waals surface area contributed by atoms with Crippen LogP contribution in [0.1, 0.15) is 32.1 Å². The van der Waals surface area contributed by atoms with Crippen LogP contribution in [0.25, 0.3) is 0 Å². The quantitative estimate of drug-likeness (QED) is 0.582. The molecule has 2 fully saturated rings. The van der Waals surface area contributed by atoms with Crippen LogP contribution < -0.4 is 5.32 Å². The zero-order chi connectivity index (χ0) is 14.0. The first-order valence-electron chi connectivity index (χ1n) is 7.27. The second kappa shape index (κ2) is 3.79. The van der Waals surface area contributed by atoms with E-state index in [9.17, 15) is 15.0 Å². The maximum atomic E-state index is 12.0. The molecule has 0 aromatic heterocycles. The van der Waals surface area contributed by atoms with Crippen molar-refractivity contribution in [3.05, 3.63) is 35.1 Å². The summed E-state index contributed by atoms with van der Waals surface area (Å²) in [6.07, 6.45) is 9.22. The van der Waals surface area contributed by atoms with Gasteiger partial charge in [0.05, 0.1) is 17.1 Å². The normalized spacial score (nSPS) is 42.5. The molecule has 104 valence electrons. The molecule has 4 aliphatic rings. The van der Waals surface area contributed by atoms with Crippen LogP contribution in [0.5, 0.6) is 0 Å².